The van der Waals surface area contributed by atoms with Crippen LogP contribution >= 0.6 is 0 Å². The lowest BCUT2D eigenvalue weighted by Gasteiger charge is -2.38. The van der Waals surface area contributed by atoms with E-state index in [1.807, 2.05) is 6.92 Å². The van der Waals surface area contributed by atoms with Gasteiger partial charge in [-0.3, -0.25) is 10.1 Å². The maximum atomic E-state index is 11.7. The van der Waals surface area contributed by atoms with Crippen molar-refractivity contribution in [3.8, 4) is 0 Å². The molecule has 2 saturated heterocycles. The van der Waals surface area contributed by atoms with E-state index in [1.54, 1.807) is 0 Å². The van der Waals surface area contributed by atoms with Gasteiger partial charge >= 0.3 is 6.03 Å². The van der Waals surface area contributed by atoms with Gasteiger partial charge in [0.15, 0.2) is 0 Å². The Morgan fingerprint density at radius 1 is 1.50 bits per heavy atom. The normalized spacial score (nSPS) is 37.1. The van der Waals surface area contributed by atoms with Crippen LogP contribution in [0.4, 0.5) is 4.79 Å². The van der Waals surface area contributed by atoms with Gasteiger partial charge in [0.2, 0.25) is 0 Å². The van der Waals surface area contributed by atoms with Crippen molar-refractivity contribution in [1.29, 1.82) is 0 Å². The summed E-state index contributed by atoms with van der Waals surface area (Å²) in [6, 6.07) is -0.352. The van der Waals surface area contributed by atoms with Crippen LogP contribution in [-0.4, -0.2) is 30.6 Å². The van der Waals surface area contributed by atoms with Crippen molar-refractivity contribution in [1.82, 2.24) is 16.0 Å². The molecule has 5 nitrogen and oxygen atoms in total. The maximum absolute atomic E-state index is 11.7. The summed E-state index contributed by atoms with van der Waals surface area (Å²) >= 11 is 0. The van der Waals surface area contributed by atoms with E-state index in [2.05, 4.69) is 16.0 Å². The summed E-state index contributed by atoms with van der Waals surface area (Å²) in [4.78, 5) is 22.8. The monoisotopic (exact) mass is 197 g/mol. The molecule has 3 N–H and O–H groups in total. The van der Waals surface area contributed by atoms with Gasteiger partial charge in [-0.15, -0.1) is 0 Å². The molecule has 5 heteroatoms. The van der Waals surface area contributed by atoms with Gasteiger partial charge in [0.05, 0.1) is 0 Å². The zero-order valence-electron chi connectivity index (χ0n) is 8.22. The third kappa shape index (κ3) is 1.19. The van der Waals surface area contributed by atoms with E-state index in [4.69, 9.17) is 0 Å². The fourth-order valence-corrected chi connectivity index (χ4v) is 2.40. The molecule has 0 aliphatic carbocycles. The van der Waals surface area contributed by atoms with Crippen LogP contribution in [0.15, 0.2) is 0 Å². The minimum Gasteiger partial charge on any atom is -0.323 e. The third-order valence-corrected chi connectivity index (χ3v) is 3.25. The predicted molar refractivity (Wildman–Crippen MR) is 50.7 cm³/mol. The van der Waals surface area contributed by atoms with Crippen LogP contribution in [-0.2, 0) is 4.79 Å². The topological polar surface area (TPSA) is 70.2 Å². The van der Waals surface area contributed by atoms with Crippen LogP contribution in [0.3, 0.4) is 0 Å². The first-order valence-corrected chi connectivity index (χ1v) is 5.03. The molecule has 1 spiro atoms. The van der Waals surface area contributed by atoms with Gasteiger partial charge in [0, 0.05) is 12.5 Å². The summed E-state index contributed by atoms with van der Waals surface area (Å²) in [6.07, 6.45) is 1.57. The summed E-state index contributed by atoms with van der Waals surface area (Å²) in [5.41, 5.74) is -0.642. The van der Waals surface area contributed by atoms with Gasteiger partial charge in [0.25, 0.3) is 5.91 Å². The van der Waals surface area contributed by atoms with Gasteiger partial charge in [0.1, 0.15) is 5.54 Å². The highest BCUT2D eigenvalue weighted by atomic mass is 16.2. The first-order valence-electron chi connectivity index (χ1n) is 5.03. The van der Waals surface area contributed by atoms with E-state index in [0.29, 0.717) is 6.42 Å². The minimum atomic E-state index is -0.642. The average Bonchev–Trinajstić information content (AvgIpc) is 2.43. The zero-order chi connectivity index (χ0) is 10.2. The summed E-state index contributed by atoms with van der Waals surface area (Å²) in [7, 11) is 0. The molecule has 2 atom stereocenters. The lowest BCUT2D eigenvalue weighted by atomic mass is 9.77. The number of rotatable bonds is 1. The molecular weight excluding hydrogens is 182 g/mol. The molecule has 2 rings (SSSR count). The molecule has 3 amide bonds. The molecule has 2 aliphatic rings. The van der Waals surface area contributed by atoms with Gasteiger partial charge in [-0.25, -0.2) is 4.79 Å². The molecule has 78 valence electrons. The van der Waals surface area contributed by atoms with Crippen LogP contribution in [0.1, 0.15) is 19.8 Å². The largest absolute Gasteiger partial charge is 0.323 e. The number of piperidine rings is 1. The van der Waals surface area contributed by atoms with Crippen LogP contribution in [0, 0.1) is 5.92 Å². The van der Waals surface area contributed by atoms with E-state index >= 15 is 0 Å². The first-order chi connectivity index (χ1) is 6.69. The Kier molecular flexibility index (Phi) is 2.19. The lowest BCUT2D eigenvalue weighted by Crippen LogP contribution is -2.60. The fraction of sp³-hybridized carbons (Fsp3) is 0.778. The number of amides is 3. The molecule has 0 bridgehead atoms. The Morgan fingerprint density at radius 2 is 2.29 bits per heavy atom. The Balaban J connectivity index is 2.26. The number of hydrogen-bond donors (Lipinski definition) is 3. The van der Waals surface area contributed by atoms with E-state index in [0.717, 1.165) is 19.5 Å². The van der Waals surface area contributed by atoms with E-state index in [-0.39, 0.29) is 17.9 Å². The Hall–Kier alpha value is -1.10. The van der Waals surface area contributed by atoms with Gasteiger partial charge < -0.3 is 10.6 Å². The van der Waals surface area contributed by atoms with Crippen molar-refractivity contribution in [3.05, 3.63) is 0 Å². The van der Waals surface area contributed by atoms with Crippen LogP contribution in [0.2, 0.25) is 0 Å². The number of nitrogens with one attached hydrogen (secondary N) is 3. The van der Waals surface area contributed by atoms with Crippen molar-refractivity contribution in [2.45, 2.75) is 25.3 Å². The van der Waals surface area contributed by atoms with E-state index in [9.17, 15) is 9.59 Å². The smallest absolute Gasteiger partial charge is 0.322 e. The number of hydrogen-bond acceptors (Lipinski definition) is 3. The average molecular weight is 197 g/mol. The maximum Gasteiger partial charge on any atom is 0.322 e. The molecule has 14 heavy (non-hydrogen) atoms. The van der Waals surface area contributed by atoms with Crippen molar-refractivity contribution in [2.24, 2.45) is 5.92 Å². The van der Waals surface area contributed by atoms with Gasteiger partial charge in [-0.2, -0.15) is 0 Å². The van der Waals surface area contributed by atoms with Crippen LogP contribution in [0.5, 0.6) is 0 Å². The fourth-order valence-electron chi connectivity index (χ4n) is 2.40. The van der Waals surface area contributed by atoms with Crippen LogP contribution < -0.4 is 16.0 Å². The van der Waals surface area contributed by atoms with Crippen molar-refractivity contribution in [3.63, 3.8) is 0 Å². The Bertz CT molecular complexity index is 279. The minimum absolute atomic E-state index is 0.157. The van der Waals surface area contributed by atoms with Gasteiger partial charge in [-0.1, -0.05) is 6.92 Å². The van der Waals surface area contributed by atoms with Gasteiger partial charge in [-0.05, 0) is 19.4 Å². The molecule has 0 radical (unpaired) electrons. The molecule has 2 fully saturated rings. The molecule has 2 aliphatic heterocycles. The predicted octanol–water partition coefficient (Wildman–Crippen LogP) is -0.416. The second kappa shape index (κ2) is 3.24. The molecule has 0 aromatic carbocycles. The summed E-state index contributed by atoms with van der Waals surface area (Å²) < 4.78 is 0. The highest BCUT2D eigenvalue weighted by Crippen LogP contribution is 2.29. The van der Waals surface area contributed by atoms with Crippen molar-refractivity contribution >= 4 is 11.9 Å². The molecule has 0 aromatic rings. The SMILES string of the molecule is CCC1CNCCC12NC(=O)NC2=O. The second-order valence-corrected chi connectivity index (χ2v) is 3.94. The number of imide groups is 1. The van der Waals surface area contributed by atoms with Crippen LogP contribution in [0.25, 0.3) is 0 Å². The molecular formula is C9H15N3O2. The highest BCUT2D eigenvalue weighted by molar-refractivity contribution is 6.07. The summed E-state index contributed by atoms with van der Waals surface area (Å²) in [5, 5.41) is 8.35. The molecule has 2 heterocycles. The van der Waals surface area contributed by atoms with Crippen molar-refractivity contribution in [2.75, 3.05) is 13.1 Å². The molecule has 0 aromatic heterocycles. The van der Waals surface area contributed by atoms with E-state index < -0.39 is 5.54 Å². The second-order valence-electron chi connectivity index (χ2n) is 3.94. The van der Waals surface area contributed by atoms with E-state index in [1.165, 1.54) is 0 Å². The number of carbonyl (C=O) groups is 2. The first kappa shape index (κ1) is 9.45. The molecule has 0 saturated carbocycles. The van der Waals surface area contributed by atoms with Crippen molar-refractivity contribution < 1.29 is 9.59 Å². The molecule has 2 unspecified atom stereocenters. The third-order valence-electron chi connectivity index (χ3n) is 3.25. The Labute approximate surface area is 82.6 Å². The summed E-state index contributed by atoms with van der Waals surface area (Å²) in [6.45, 7) is 3.62. The quantitative estimate of drug-likeness (QED) is 0.500. The lowest BCUT2D eigenvalue weighted by molar-refractivity contribution is -0.126. The number of urea groups is 1. The Morgan fingerprint density at radius 3 is 2.86 bits per heavy atom. The summed E-state index contributed by atoms with van der Waals surface area (Å²) in [5.74, 6) is 0.0403. The number of carbonyl (C=O) groups excluding carboxylic acids is 2. The highest BCUT2D eigenvalue weighted by Gasteiger charge is 2.51. The standard InChI is InChI=1S/C9H15N3O2/c1-2-6-5-10-4-3-9(6)7(13)11-8(14)12-9/h6,10H,2-5H2,1H3,(H2,11,12,13,14). The zero-order valence-corrected chi connectivity index (χ0v) is 8.22.